The van der Waals surface area contributed by atoms with Gasteiger partial charge in [0.05, 0.1) is 11.0 Å². The molecule has 2 aromatic heterocycles. The van der Waals surface area contributed by atoms with Gasteiger partial charge in [-0.1, -0.05) is 164 Å². The van der Waals surface area contributed by atoms with Gasteiger partial charge in [0, 0.05) is 50.4 Å². The molecule has 3 heteroatoms. The highest BCUT2D eigenvalue weighted by atomic mass is 16.3. The zero-order valence-electron chi connectivity index (χ0n) is 34.4. The maximum Gasteiger partial charge on any atom is 0.137 e. The number of rotatable bonds is 8. The summed E-state index contributed by atoms with van der Waals surface area (Å²) < 4.78 is 8.81. The van der Waals surface area contributed by atoms with E-state index < -0.39 is 0 Å². The molecule has 0 saturated heterocycles. The third-order valence-electron chi connectivity index (χ3n) is 12.4. The van der Waals surface area contributed by atoms with Crippen molar-refractivity contribution in [3.8, 4) is 50.2 Å². The van der Waals surface area contributed by atoms with Crippen LogP contribution in [0.2, 0.25) is 0 Å². The zero-order valence-corrected chi connectivity index (χ0v) is 34.4. The molecule has 0 saturated carbocycles. The molecule has 296 valence electrons. The number of hydrogen-bond acceptors (Lipinski definition) is 2. The van der Waals surface area contributed by atoms with Crippen LogP contribution < -0.4 is 4.90 Å². The number of anilines is 3. The average molecular weight is 805 g/mol. The van der Waals surface area contributed by atoms with E-state index >= 15 is 0 Å². The molecule has 0 aliphatic rings. The van der Waals surface area contributed by atoms with Gasteiger partial charge in [-0.2, -0.15) is 0 Å². The lowest BCUT2D eigenvalue weighted by molar-refractivity contribution is 0.669. The summed E-state index contributed by atoms with van der Waals surface area (Å²) in [6.07, 6.45) is 0. The number of benzene rings is 10. The standard InChI is InChI=1S/C60H40N2O/c1-3-13-41(14-4-1)43-25-30-49(31-26-43)61(52-34-36-56-55-22-8-10-24-59(55)63-60(56)40-52)51-20-12-19-47(38-51)45-17-11-18-46(37-45)48-29-35-54-53-21-7-9-23-57(53)62(58(54)39-48)50-32-27-44(28-33-50)42-15-5-2-6-16-42/h1-40H. The van der Waals surface area contributed by atoms with Crippen LogP contribution >= 0.6 is 0 Å². The second-order valence-corrected chi connectivity index (χ2v) is 16.2. The van der Waals surface area contributed by atoms with E-state index in [0.29, 0.717) is 0 Å². The van der Waals surface area contributed by atoms with Crippen molar-refractivity contribution < 1.29 is 4.42 Å². The van der Waals surface area contributed by atoms with Crippen LogP contribution in [0.5, 0.6) is 0 Å². The first-order valence-electron chi connectivity index (χ1n) is 21.5. The minimum atomic E-state index is 0.865. The Bertz CT molecular complexity index is 3600. The summed E-state index contributed by atoms with van der Waals surface area (Å²) in [5, 5.41) is 4.72. The third-order valence-corrected chi connectivity index (χ3v) is 12.4. The molecule has 0 bridgehead atoms. The molecule has 0 amide bonds. The zero-order chi connectivity index (χ0) is 41.7. The van der Waals surface area contributed by atoms with Crippen LogP contribution in [0, 0.1) is 0 Å². The van der Waals surface area contributed by atoms with E-state index in [1.807, 2.05) is 12.1 Å². The van der Waals surface area contributed by atoms with Crippen molar-refractivity contribution in [1.29, 1.82) is 0 Å². The molecular formula is C60H40N2O. The van der Waals surface area contributed by atoms with Gasteiger partial charge in [0.15, 0.2) is 0 Å². The normalized spacial score (nSPS) is 11.5. The second kappa shape index (κ2) is 15.3. The Labute approximate surface area is 366 Å². The Morgan fingerprint density at radius 1 is 0.270 bits per heavy atom. The highest BCUT2D eigenvalue weighted by molar-refractivity contribution is 6.10. The molecule has 0 atom stereocenters. The van der Waals surface area contributed by atoms with Crippen molar-refractivity contribution in [1.82, 2.24) is 4.57 Å². The molecule has 0 spiro atoms. The number of fused-ring (bicyclic) bond motifs is 6. The molecule has 0 aliphatic carbocycles. The molecule has 0 N–H and O–H groups in total. The highest BCUT2D eigenvalue weighted by Gasteiger charge is 2.18. The van der Waals surface area contributed by atoms with Crippen LogP contribution in [-0.2, 0) is 0 Å². The molecular weight excluding hydrogens is 765 g/mol. The van der Waals surface area contributed by atoms with Crippen LogP contribution in [0.4, 0.5) is 17.1 Å². The van der Waals surface area contributed by atoms with E-state index in [2.05, 4.69) is 240 Å². The van der Waals surface area contributed by atoms with Gasteiger partial charge >= 0.3 is 0 Å². The molecule has 3 nitrogen and oxygen atoms in total. The van der Waals surface area contributed by atoms with Gasteiger partial charge in [-0.25, -0.2) is 0 Å². The number of hydrogen-bond donors (Lipinski definition) is 0. The van der Waals surface area contributed by atoms with Gasteiger partial charge in [-0.15, -0.1) is 0 Å². The van der Waals surface area contributed by atoms with Crippen molar-refractivity contribution >= 4 is 60.8 Å². The quantitative estimate of drug-likeness (QED) is 0.153. The highest BCUT2D eigenvalue weighted by Crippen LogP contribution is 2.41. The largest absolute Gasteiger partial charge is 0.456 e. The summed E-state index contributed by atoms with van der Waals surface area (Å²) in [6.45, 7) is 0. The molecule has 12 aromatic rings. The molecule has 2 heterocycles. The van der Waals surface area contributed by atoms with Crippen molar-refractivity contribution in [3.63, 3.8) is 0 Å². The second-order valence-electron chi connectivity index (χ2n) is 16.2. The van der Waals surface area contributed by atoms with Crippen LogP contribution in [0.3, 0.4) is 0 Å². The van der Waals surface area contributed by atoms with E-state index in [4.69, 9.17) is 4.42 Å². The molecule has 0 fully saturated rings. The van der Waals surface area contributed by atoms with Crippen molar-refractivity contribution in [2.24, 2.45) is 0 Å². The summed E-state index contributed by atoms with van der Waals surface area (Å²) in [4.78, 5) is 2.33. The Hall–Kier alpha value is -8.40. The summed E-state index contributed by atoms with van der Waals surface area (Å²) in [6, 6.07) is 87.1. The van der Waals surface area contributed by atoms with Gasteiger partial charge in [0.1, 0.15) is 11.2 Å². The maximum absolute atomic E-state index is 6.41. The van der Waals surface area contributed by atoms with E-state index in [0.717, 1.165) is 55.8 Å². The molecule has 0 radical (unpaired) electrons. The lowest BCUT2D eigenvalue weighted by Gasteiger charge is -2.26. The van der Waals surface area contributed by atoms with Gasteiger partial charge in [0.2, 0.25) is 0 Å². The van der Waals surface area contributed by atoms with Crippen molar-refractivity contribution in [2.45, 2.75) is 0 Å². The van der Waals surface area contributed by atoms with Crippen LogP contribution in [0.25, 0.3) is 93.9 Å². The molecule has 0 aliphatic heterocycles. The summed E-state index contributed by atoms with van der Waals surface area (Å²) >= 11 is 0. The van der Waals surface area contributed by atoms with E-state index in [-0.39, 0.29) is 0 Å². The summed E-state index contributed by atoms with van der Waals surface area (Å²) in [7, 11) is 0. The molecule has 0 unspecified atom stereocenters. The fourth-order valence-corrected chi connectivity index (χ4v) is 9.30. The summed E-state index contributed by atoms with van der Waals surface area (Å²) in [5.74, 6) is 0. The van der Waals surface area contributed by atoms with E-state index in [9.17, 15) is 0 Å². The van der Waals surface area contributed by atoms with E-state index in [1.165, 1.54) is 55.2 Å². The minimum absolute atomic E-state index is 0.865. The lowest BCUT2D eigenvalue weighted by Crippen LogP contribution is -2.10. The Kier molecular flexibility index (Phi) is 8.83. The first kappa shape index (κ1) is 36.5. The molecule has 63 heavy (non-hydrogen) atoms. The molecule has 10 aromatic carbocycles. The first-order chi connectivity index (χ1) is 31.2. The van der Waals surface area contributed by atoms with Gasteiger partial charge in [0.25, 0.3) is 0 Å². The van der Waals surface area contributed by atoms with Crippen molar-refractivity contribution in [2.75, 3.05) is 4.90 Å². The van der Waals surface area contributed by atoms with Gasteiger partial charge < -0.3 is 13.9 Å². The van der Waals surface area contributed by atoms with Gasteiger partial charge in [-0.3, -0.25) is 0 Å². The number of nitrogens with zero attached hydrogens (tertiary/aromatic N) is 2. The van der Waals surface area contributed by atoms with Crippen LogP contribution in [0.1, 0.15) is 0 Å². The Morgan fingerprint density at radius 3 is 1.48 bits per heavy atom. The van der Waals surface area contributed by atoms with Gasteiger partial charge in [-0.05, 0) is 117 Å². The monoisotopic (exact) mass is 804 g/mol. The number of furan rings is 1. The lowest BCUT2D eigenvalue weighted by atomic mass is 9.97. The van der Waals surface area contributed by atoms with Crippen molar-refractivity contribution in [3.05, 3.63) is 243 Å². The first-order valence-corrected chi connectivity index (χ1v) is 21.5. The minimum Gasteiger partial charge on any atom is -0.456 e. The Morgan fingerprint density at radius 2 is 0.746 bits per heavy atom. The maximum atomic E-state index is 6.41. The van der Waals surface area contributed by atoms with Crippen LogP contribution in [0.15, 0.2) is 247 Å². The van der Waals surface area contributed by atoms with Crippen LogP contribution in [-0.4, -0.2) is 4.57 Å². The smallest absolute Gasteiger partial charge is 0.137 e. The fourth-order valence-electron chi connectivity index (χ4n) is 9.30. The average Bonchev–Trinajstić information content (AvgIpc) is 3.90. The summed E-state index contributed by atoms with van der Waals surface area (Å²) in [5.41, 5.74) is 17.8. The predicted molar refractivity (Wildman–Crippen MR) is 264 cm³/mol. The SMILES string of the molecule is c1ccc(-c2ccc(N(c3cccc(-c4cccc(-c5ccc6c7ccccc7n(-c7ccc(-c8ccccc8)cc7)c6c5)c4)c3)c3ccc4c(c3)oc3ccccc34)cc2)cc1. The third kappa shape index (κ3) is 6.55. The van der Waals surface area contributed by atoms with E-state index in [1.54, 1.807) is 0 Å². The fraction of sp³-hybridized carbons (Fsp3) is 0. The Balaban J connectivity index is 0.936. The number of aromatic nitrogens is 1. The predicted octanol–water partition coefficient (Wildman–Crippen LogP) is 16.8. The number of para-hydroxylation sites is 2. The topological polar surface area (TPSA) is 21.3 Å². The molecule has 12 rings (SSSR count).